The summed E-state index contributed by atoms with van der Waals surface area (Å²) in [5.41, 5.74) is 3.30. The molecule has 0 aromatic carbocycles. The van der Waals surface area contributed by atoms with Gasteiger partial charge in [-0.3, -0.25) is 9.48 Å². The topological polar surface area (TPSA) is 67.2 Å². The Kier molecular flexibility index (Phi) is 4.72. The van der Waals surface area contributed by atoms with Gasteiger partial charge in [-0.1, -0.05) is 0 Å². The summed E-state index contributed by atoms with van der Waals surface area (Å²) in [6, 6.07) is 1.96. The fourth-order valence-corrected chi connectivity index (χ4v) is 3.88. The number of aromatic nitrogens is 4. The Morgan fingerprint density at radius 3 is 2.96 bits per heavy atom. The largest absolute Gasteiger partial charge is 0.338 e. The van der Waals surface area contributed by atoms with Crippen LogP contribution in [0.1, 0.15) is 41.5 Å². The Hall–Kier alpha value is -2.28. The zero-order valence-electron chi connectivity index (χ0n) is 15.6. The highest BCUT2D eigenvalue weighted by Crippen LogP contribution is 2.25. The maximum Gasteiger partial charge on any atom is 0.224 e. The average molecular weight is 354 g/mol. The van der Waals surface area contributed by atoms with E-state index in [9.17, 15) is 4.79 Å². The molecule has 7 heteroatoms. The summed E-state index contributed by atoms with van der Waals surface area (Å²) in [5, 5.41) is 4.24. The lowest BCUT2D eigenvalue weighted by Crippen LogP contribution is -2.37. The van der Waals surface area contributed by atoms with E-state index in [0.717, 1.165) is 55.3 Å². The summed E-state index contributed by atoms with van der Waals surface area (Å²) in [7, 11) is 2.15. The molecule has 1 unspecified atom stereocenters. The zero-order chi connectivity index (χ0) is 18.1. The van der Waals surface area contributed by atoms with E-state index < -0.39 is 0 Å². The number of likely N-dealkylation sites (N-methyl/N-ethyl adjacent to an activating group) is 1. The molecule has 2 aromatic heterocycles. The van der Waals surface area contributed by atoms with Gasteiger partial charge in [-0.25, -0.2) is 9.97 Å². The lowest BCUT2D eigenvalue weighted by atomic mass is 10.0. The maximum absolute atomic E-state index is 12.6. The number of amides is 1. The van der Waals surface area contributed by atoms with Crippen LogP contribution in [0.2, 0.25) is 0 Å². The highest BCUT2D eigenvalue weighted by Gasteiger charge is 2.26. The average Bonchev–Trinajstić information content (AvgIpc) is 3.27. The van der Waals surface area contributed by atoms with Gasteiger partial charge in [0.15, 0.2) is 0 Å². The number of carbonyl (C=O) groups is 1. The SMILES string of the molecule is Cc1ccnn1CCC(=O)N1CCc2nc(C3CCN(C)C3)ncc2C1. The van der Waals surface area contributed by atoms with Gasteiger partial charge in [0, 0.05) is 68.6 Å². The fourth-order valence-electron chi connectivity index (χ4n) is 3.88. The van der Waals surface area contributed by atoms with E-state index in [2.05, 4.69) is 22.0 Å². The van der Waals surface area contributed by atoms with Crippen LogP contribution in [-0.4, -0.2) is 62.1 Å². The highest BCUT2D eigenvalue weighted by atomic mass is 16.2. The molecule has 4 rings (SSSR count). The molecule has 2 aliphatic rings. The first-order chi connectivity index (χ1) is 12.6. The molecule has 1 amide bonds. The molecule has 0 radical (unpaired) electrons. The molecule has 4 heterocycles. The van der Waals surface area contributed by atoms with Crippen LogP contribution < -0.4 is 0 Å². The van der Waals surface area contributed by atoms with Gasteiger partial charge in [-0.05, 0) is 33.0 Å². The number of nitrogens with zero attached hydrogens (tertiary/aromatic N) is 6. The van der Waals surface area contributed by atoms with Crippen molar-refractivity contribution in [1.82, 2.24) is 29.5 Å². The number of hydrogen-bond donors (Lipinski definition) is 0. The van der Waals surface area contributed by atoms with E-state index in [1.807, 2.05) is 28.8 Å². The van der Waals surface area contributed by atoms with Crippen molar-refractivity contribution < 1.29 is 4.79 Å². The van der Waals surface area contributed by atoms with Crippen LogP contribution in [0.3, 0.4) is 0 Å². The Labute approximate surface area is 154 Å². The quantitative estimate of drug-likeness (QED) is 0.830. The summed E-state index contributed by atoms with van der Waals surface area (Å²) in [4.78, 5) is 26.3. The van der Waals surface area contributed by atoms with Gasteiger partial charge in [-0.2, -0.15) is 5.10 Å². The predicted molar refractivity (Wildman–Crippen MR) is 97.6 cm³/mol. The van der Waals surface area contributed by atoms with E-state index >= 15 is 0 Å². The summed E-state index contributed by atoms with van der Waals surface area (Å²) in [6.07, 6.45) is 6.14. The standard InChI is InChI=1S/C19H26N6O/c1-14-3-7-21-25(14)10-6-18(26)24-9-5-17-16(13-24)11-20-19(22-17)15-4-8-23(2)12-15/h3,7,11,15H,4-6,8-10,12-13H2,1-2H3. The maximum atomic E-state index is 12.6. The lowest BCUT2D eigenvalue weighted by molar-refractivity contribution is -0.132. The minimum Gasteiger partial charge on any atom is -0.338 e. The van der Waals surface area contributed by atoms with Crippen molar-refractivity contribution in [2.75, 3.05) is 26.7 Å². The van der Waals surface area contributed by atoms with Crippen molar-refractivity contribution in [2.45, 2.75) is 45.2 Å². The fraction of sp³-hybridized carbons (Fsp3) is 0.579. The van der Waals surface area contributed by atoms with E-state index in [1.54, 1.807) is 6.20 Å². The second kappa shape index (κ2) is 7.15. The molecule has 2 aliphatic heterocycles. The molecule has 1 atom stereocenters. The van der Waals surface area contributed by atoms with Crippen molar-refractivity contribution in [3.63, 3.8) is 0 Å². The minimum absolute atomic E-state index is 0.173. The molecule has 1 saturated heterocycles. The van der Waals surface area contributed by atoms with E-state index in [1.165, 1.54) is 0 Å². The van der Waals surface area contributed by atoms with Crippen LogP contribution in [0, 0.1) is 6.92 Å². The first kappa shape index (κ1) is 17.1. The molecule has 26 heavy (non-hydrogen) atoms. The van der Waals surface area contributed by atoms with Gasteiger partial charge >= 0.3 is 0 Å². The third kappa shape index (κ3) is 3.49. The highest BCUT2D eigenvalue weighted by molar-refractivity contribution is 5.76. The first-order valence-electron chi connectivity index (χ1n) is 9.39. The smallest absolute Gasteiger partial charge is 0.224 e. The van der Waals surface area contributed by atoms with Crippen molar-refractivity contribution in [2.24, 2.45) is 0 Å². The molecular formula is C19H26N6O. The second-order valence-electron chi connectivity index (χ2n) is 7.46. The van der Waals surface area contributed by atoms with Crippen molar-refractivity contribution in [3.8, 4) is 0 Å². The monoisotopic (exact) mass is 354 g/mol. The van der Waals surface area contributed by atoms with Gasteiger partial charge < -0.3 is 9.80 Å². The van der Waals surface area contributed by atoms with Crippen LogP contribution in [0.25, 0.3) is 0 Å². The van der Waals surface area contributed by atoms with E-state index in [0.29, 0.717) is 25.4 Å². The third-order valence-electron chi connectivity index (χ3n) is 5.53. The molecule has 0 aliphatic carbocycles. The Bertz CT molecular complexity index is 801. The molecule has 0 spiro atoms. The van der Waals surface area contributed by atoms with Crippen LogP contribution in [0.15, 0.2) is 18.5 Å². The summed E-state index contributed by atoms with van der Waals surface area (Å²) in [6.45, 7) is 6.15. The first-order valence-corrected chi connectivity index (χ1v) is 9.39. The molecule has 2 aromatic rings. The Morgan fingerprint density at radius 2 is 2.23 bits per heavy atom. The number of aryl methyl sites for hydroxylation is 2. The van der Waals surface area contributed by atoms with E-state index in [-0.39, 0.29) is 5.91 Å². The third-order valence-corrected chi connectivity index (χ3v) is 5.53. The summed E-state index contributed by atoms with van der Waals surface area (Å²) >= 11 is 0. The zero-order valence-corrected chi connectivity index (χ0v) is 15.6. The molecular weight excluding hydrogens is 328 g/mol. The van der Waals surface area contributed by atoms with Gasteiger partial charge in [0.2, 0.25) is 5.91 Å². The van der Waals surface area contributed by atoms with Crippen LogP contribution in [-0.2, 0) is 24.3 Å². The Morgan fingerprint density at radius 1 is 1.35 bits per heavy atom. The second-order valence-corrected chi connectivity index (χ2v) is 7.46. The minimum atomic E-state index is 0.173. The van der Waals surface area contributed by atoms with Crippen LogP contribution >= 0.6 is 0 Å². The molecule has 7 nitrogen and oxygen atoms in total. The van der Waals surface area contributed by atoms with Gasteiger partial charge in [0.05, 0.1) is 5.69 Å². The number of likely N-dealkylation sites (tertiary alicyclic amines) is 1. The van der Waals surface area contributed by atoms with Crippen LogP contribution in [0.4, 0.5) is 0 Å². The van der Waals surface area contributed by atoms with Gasteiger partial charge in [0.25, 0.3) is 0 Å². The Balaban J connectivity index is 1.38. The molecule has 0 saturated carbocycles. The van der Waals surface area contributed by atoms with Gasteiger partial charge in [0.1, 0.15) is 5.82 Å². The van der Waals surface area contributed by atoms with Crippen LogP contribution in [0.5, 0.6) is 0 Å². The number of fused-ring (bicyclic) bond motifs is 1. The van der Waals surface area contributed by atoms with Gasteiger partial charge in [-0.15, -0.1) is 0 Å². The molecule has 0 N–H and O–H groups in total. The molecule has 1 fully saturated rings. The van der Waals surface area contributed by atoms with Crippen molar-refractivity contribution in [1.29, 1.82) is 0 Å². The van der Waals surface area contributed by atoms with Crippen molar-refractivity contribution in [3.05, 3.63) is 41.2 Å². The predicted octanol–water partition coefficient (Wildman–Crippen LogP) is 1.38. The number of rotatable bonds is 4. The number of carbonyl (C=O) groups excluding carboxylic acids is 1. The molecule has 138 valence electrons. The lowest BCUT2D eigenvalue weighted by Gasteiger charge is -2.28. The summed E-state index contributed by atoms with van der Waals surface area (Å²) < 4.78 is 1.88. The van der Waals surface area contributed by atoms with E-state index in [4.69, 9.17) is 4.98 Å². The normalized spacial score (nSPS) is 20.4. The summed E-state index contributed by atoms with van der Waals surface area (Å²) in [5.74, 6) is 1.59. The molecule has 0 bridgehead atoms. The van der Waals surface area contributed by atoms with Crippen molar-refractivity contribution >= 4 is 5.91 Å². The number of hydrogen-bond acceptors (Lipinski definition) is 5.